The molecule has 0 saturated heterocycles. The van der Waals surface area contributed by atoms with E-state index in [2.05, 4.69) is 10.5 Å². The lowest BCUT2D eigenvalue weighted by molar-refractivity contribution is 0.0492. The van der Waals surface area contributed by atoms with Gasteiger partial charge in [0.15, 0.2) is 0 Å². The van der Waals surface area contributed by atoms with Crippen molar-refractivity contribution in [3.8, 4) is 0 Å². The van der Waals surface area contributed by atoms with Crippen molar-refractivity contribution in [1.29, 1.82) is 0 Å². The van der Waals surface area contributed by atoms with Crippen LogP contribution in [0.5, 0.6) is 0 Å². The normalized spacial score (nSPS) is 14.8. The molecule has 20 heavy (non-hydrogen) atoms. The molecule has 0 aromatic heterocycles. The first-order valence-electron chi connectivity index (χ1n) is 6.48. The largest absolute Gasteiger partial charge is 0.444 e. The molecule has 0 unspecified atom stereocenters. The van der Waals surface area contributed by atoms with E-state index in [0.717, 1.165) is 5.56 Å². The van der Waals surface area contributed by atoms with E-state index in [9.17, 15) is 4.79 Å². The number of nitrogens with one attached hydrogen (secondary N) is 1. The van der Waals surface area contributed by atoms with Crippen molar-refractivity contribution in [3.63, 3.8) is 0 Å². The first kappa shape index (κ1) is 16.0. The fraction of sp³-hybridized carbons (Fsp3) is 0.467. The average molecular weight is 278 g/mol. The van der Waals surface area contributed by atoms with Crippen molar-refractivity contribution in [2.24, 2.45) is 5.16 Å². The first-order valence-corrected chi connectivity index (χ1v) is 6.48. The standard InChI is InChI=1S/C15H22N2O3/c1-14(2,3)20-13(18)17-15(4,11-16-19)10-12-8-6-5-7-9-12/h5-9,11,19H,10H2,1-4H3,(H,17,18)/t15-/m1/s1. The molecule has 5 heteroatoms. The highest BCUT2D eigenvalue weighted by Crippen LogP contribution is 2.14. The van der Waals surface area contributed by atoms with Crippen molar-refractivity contribution >= 4 is 12.3 Å². The van der Waals surface area contributed by atoms with Gasteiger partial charge in [-0.2, -0.15) is 0 Å². The Hall–Kier alpha value is -2.04. The van der Waals surface area contributed by atoms with E-state index in [1.165, 1.54) is 6.21 Å². The first-order chi connectivity index (χ1) is 9.24. The molecule has 0 aliphatic rings. The molecular formula is C15H22N2O3. The molecule has 0 bridgehead atoms. The minimum atomic E-state index is -0.821. The van der Waals surface area contributed by atoms with E-state index < -0.39 is 17.2 Å². The summed E-state index contributed by atoms with van der Waals surface area (Å²) in [7, 11) is 0. The maximum absolute atomic E-state index is 11.9. The van der Waals surface area contributed by atoms with Crippen LogP contribution >= 0.6 is 0 Å². The summed E-state index contributed by atoms with van der Waals surface area (Å²) < 4.78 is 5.22. The highest BCUT2D eigenvalue weighted by molar-refractivity contribution is 5.78. The third-order valence-electron chi connectivity index (χ3n) is 2.54. The average Bonchev–Trinajstić information content (AvgIpc) is 2.26. The van der Waals surface area contributed by atoms with Crippen LogP contribution in [-0.2, 0) is 11.2 Å². The smallest absolute Gasteiger partial charge is 0.408 e. The van der Waals surface area contributed by atoms with E-state index >= 15 is 0 Å². The number of hydrogen-bond acceptors (Lipinski definition) is 4. The fourth-order valence-corrected chi connectivity index (χ4v) is 1.81. The van der Waals surface area contributed by atoms with Crippen LogP contribution in [0.3, 0.4) is 0 Å². The lowest BCUT2D eigenvalue weighted by Gasteiger charge is -2.28. The van der Waals surface area contributed by atoms with E-state index in [0.29, 0.717) is 6.42 Å². The molecule has 0 radical (unpaired) electrons. The molecule has 1 amide bonds. The van der Waals surface area contributed by atoms with Gasteiger partial charge in [-0.3, -0.25) is 0 Å². The minimum absolute atomic E-state index is 0.497. The Labute approximate surface area is 119 Å². The Morgan fingerprint density at radius 3 is 2.40 bits per heavy atom. The molecule has 110 valence electrons. The number of amides is 1. The van der Waals surface area contributed by atoms with Gasteiger partial charge in [0.1, 0.15) is 5.60 Å². The summed E-state index contributed by atoms with van der Waals surface area (Å²) in [5.74, 6) is 0. The molecule has 0 fully saturated rings. The van der Waals surface area contributed by atoms with Gasteiger partial charge in [0.25, 0.3) is 0 Å². The van der Waals surface area contributed by atoms with Gasteiger partial charge in [-0.15, -0.1) is 0 Å². The van der Waals surface area contributed by atoms with Gasteiger partial charge < -0.3 is 15.3 Å². The number of benzene rings is 1. The predicted octanol–water partition coefficient (Wildman–Crippen LogP) is 2.97. The van der Waals surface area contributed by atoms with Gasteiger partial charge in [-0.05, 0) is 33.3 Å². The van der Waals surface area contributed by atoms with Gasteiger partial charge in [-0.25, -0.2) is 4.79 Å². The fourth-order valence-electron chi connectivity index (χ4n) is 1.81. The van der Waals surface area contributed by atoms with Crippen LogP contribution in [0.15, 0.2) is 35.5 Å². The molecule has 1 rings (SSSR count). The minimum Gasteiger partial charge on any atom is -0.444 e. The molecule has 0 heterocycles. The molecule has 5 nitrogen and oxygen atoms in total. The van der Waals surface area contributed by atoms with Gasteiger partial charge in [0.05, 0.1) is 11.8 Å². The lowest BCUT2D eigenvalue weighted by atomic mass is 9.94. The van der Waals surface area contributed by atoms with Crippen LogP contribution in [0.4, 0.5) is 4.79 Å². The number of nitrogens with zero attached hydrogens (tertiary/aromatic N) is 1. The van der Waals surface area contributed by atoms with Crippen LogP contribution in [0.25, 0.3) is 0 Å². The summed E-state index contributed by atoms with van der Waals surface area (Å²) in [5, 5.41) is 14.6. The summed E-state index contributed by atoms with van der Waals surface area (Å²) in [5.41, 5.74) is -0.377. The summed E-state index contributed by atoms with van der Waals surface area (Å²) >= 11 is 0. The van der Waals surface area contributed by atoms with E-state index in [1.54, 1.807) is 27.7 Å². The monoisotopic (exact) mass is 278 g/mol. The van der Waals surface area contributed by atoms with Gasteiger partial charge in [0, 0.05) is 6.42 Å². The second-order valence-electron chi connectivity index (χ2n) is 5.95. The summed E-state index contributed by atoms with van der Waals surface area (Å²) in [6.45, 7) is 7.15. The molecule has 0 spiro atoms. The van der Waals surface area contributed by atoms with E-state index in [4.69, 9.17) is 9.94 Å². The zero-order chi connectivity index (χ0) is 15.2. The molecule has 1 aromatic rings. The van der Waals surface area contributed by atoms with Crippen LogP contribution in [0.1, 0.15) is 33.3 Å². The molecule has 0 saturated carbocycles. The number of hydrogen-bond donors (Lipinski definition) is 2. The predicted molar refractivity (Wildman–Crippen MR) is 78.2 cm³/mol. The molecule has 2 N–H and O–H groups in total. The van der Waals surface area contributed by atoms with Crippen LogP contribution in [0, 0.1) is 0 Å². The number of carbonyl (C=O) groups is 1. The summed E-state index contributed by atoms with van der Waals surface area (Å²) in [4.78, 5) is 11.9. The zero-order valence-electron chi connectivity index (χ0n) is 12.4. The number of carbonyl (C=O) groups excluding carboxylic acids is 1. The van der Waals surface area contributed by atoms with Crippen LogP contribution in [-0.4, -0.2) is 28.7 Å². The molecular weight excluding hydrogens is 256 g/mol. The van der Waals surface area contributed by atoms with Crippen molar-refractivity contribution in [3.05, 3.63) is 35.9 Å². The zero-order valence-corrected chi connectivity index (χ0v) is 12.4. The topological polar surface area (TPSA) is 70.9 Å². The quantitative estimate of drug-likeness (QED) is 0.505. The number of rotatable bonds is 4. The Balaban J connectivity index is 2.79. The highest BCUT2D eigenvalue weighted by atomic mass is 16.6. The van der Waals surface area contributed by atoms with Gasteiger partial charge in [0.2, 0.25) is 0 Å². The van der Waals surface area contributed by atoms with Crippen LogP contribution in [0.2, 0.25) is 0 Å². The summed E-state index contributed by atoms with van der Waals surface area (Å²) in [6.07, 6.45) is 1.25. The van der Waals surface area contributed by atoms with Gasteiger partial charge in [-0.1, -0.05) is 35.5 Å². The molecule has 0 aliphatic heterocycles. The Morgan fingerprint density at radius 2 is 1.90 bits per heavy atom. The van der Waals surface area contributed by atoms with Crippen molar-refractivity contribution in [2.45, 2.75) is 45.3 Å². The molecule has 1 atom stereocenters. The lowest BCUT2D eigenvalue weighted by Crippen LogP contribution is -2.50. The van der Waals surface area contributed by atoms with Crippen molar-refractivity contribution in [1.82, 2.24) is 5.32 Å². The number of alkyl carbamates (subject to hydrolysis) is 1. The number of ether oxygens (including phenoxy) is 1. The maximum atomic E-state index is 11.9. The highest BCUT2D eigenvalue weighted by Gasteiger charge is 2.28. The third kappa shape index (κ3) is 5.73. The number of oxime groups is 1. The van der Waals surface area contributed by atoms with E-state index in [-0.39, 0.29) is 0 Å². The Kier molecular flexibility index (Phi) is 5.13. The third-order valence-corrected chi connectivity index (χ3v) is 2.54. The molecule has 0 aliphatic carbocycles. The van der Waals surface area contributed by atoms with Crippen LogP contribution < -0.4 is 5.32 Å². The second-order valence-corrected chi connectivity index (χ2v) is 5.95. The van der Waals surface area contributed by atoms with Crippen molar-refractivity contribution in [2.75, 3.05) is 0 Å². The Bertz CT molecular complexity index is 466. The Morgan fingerprint density at radius 1 is 1.30 bits per heavy atom. The molecule has 1 aromatic carbocycles. The second kappa shape index (κ2) is 6.41. The van der Waals surface area contributed by atoms with E-state index in [1.807, 2.05) is 30.3 Å². The van der Waals surface area contributed by atoms with Crippen molar-refractivity contribution < 1.29 is 14.7 Å². The summed E-state index contributed by atoms with van der Waals surface area (Å²) in [6, 6.07) is 9.64. The maximum Gasteiger partial charge on any atom is 0.408 e. The SMILES string of the molecule is CC(C)(C)OC(=O)N[C@@](C)(C=NO)Cc1ccccc1. The van der Waals surface area contributed by atoms with Gasteiger partial charge >= 0.3 is 6.09 Å².